The predicted molar refractivity (Wildman–Crippen MR) is 78.2 cm³/mol. The molecular weight excluding hydrogens is 238 g/mol. The Kier molecular flexibility index (Phi) is 4.96. The lowest BCUT2D eigenvalue weighted by molar-refractivity contribution is 0.102. The average molecular weight is 265 g/mol. The molecule has 1 aliphatic heterocycles. The molecule has 1 fully saturated rings. The van der Waals surface area contributed by atoms with Crippen molar-refractivity contribution in [3.63, 3.8) is 0 Å². The Morgan fingerprint density at radius 3 is 2.84 bits per heavy atom. The van der Waals surface area contributed by atoms with Gasteiger partial charge >= 0.3 is 0 Å². The lowest BCUT2D eigenvalue weighted by Gasteiger charge is -2.39. The number of rotatable bonds is 5. The van der Waals surface area contributed by atoms with E-state index in [4.69, 9.17) is 0 Å². The summed E-state index contributed by atoms with van der Waals surface area (Å²) in [7, 11) is 6.49. The van der Waals surface area contributed by atoms with E-state index in [1.54, 1.807) is 0 Å². The van der Waals surface area contributed by atoms with E-state index in [2.05, 4.69) is 47.4 Å². The zero-order valence-electron chi connectivity index (χ0n) is 12.6. The van der Waals surface area contributed by atoms with E-state index in [1.165, 1.54) is 12.1 Å². The molecule has 1 saturated heterocycles. The molecule has 0 saturated carbocycles. The highest BCUT2D eigenvalue weighted by Gasteiger charge is 2.25. The van der Waals surface area contributed by atoms with Crippen LogP contribution in [0.25, 0.3) is 0 Å². The SMILES string of the molecule is CCn1cc(C(CC2CN(C)CCN2C)NC)cn1. The molecule has 1 aromatic rings. The molecule has 0 radical (unpaired) electrons. The first kappa shape index (κ1) is 14.5. The minimum absolute atomic E-state index is 0.388. The number of hydrogen-bond acceptors (Lipinski definition) is 4. The highest BCUT2D eigenvalue weighted by Crippen LogP contribution is 2.21. The lowest BCUT2D eigenvalue weighted by atomic mass is 9.99. The first-order valence-corrected chi connectivity index (χ1v) is 7.22. The van der Waals surface area contributed by atoms with Gasteiger partial charge in [-0.05, 0) is 34.5 Å². The fourth-order valence-corrected chi connectivity index (χ4v) is 2.78. The van der Waals surface area contributed by atoms with E-state index in [9.17, 15) is 0 Å². The van der Waals surface area contributed by atoms with Gasteiger partial charge in [0.1, 0.15) is 0 Å². The van der Waals surface area contributed by atoms with E-state index in [1.807, 2.05) is 17.9 Å². The Hall–Kier alpha value is -0.910. The number of piperazine rings is 1. The van der Waals surface area contributed by atoms with Crippen LogP contribution in [0.15, 0.2) is 12.4 Å². The van der Waals surface area contributed by atoms with E-state index < -0.39 is 0 Å². The summed E-state index contributed by atoms with van der Waals surface area (Å²) < 4.78 is 2.00. The largest absolute Gasteiger partial charge is 0.313 e. The zero-order chi connectivity index (χ0) is 13.8. The van der Waals surface area contributed by atoms with Crippen molar-refractivity contribution in [2.24, 2.45) is 0 Å². The van der Waals surface area contributed by atoms with Crippen LogP contribution in [-0.2, 0) is 6.54 Å². The summed E-state index contributed by atoms with van der Waals surface area (Å²) in [5, 5.41) is 7.82. The standard InChI is InChI=1S/C14H27N5/c1-5-19-10-12(9-16-19)14(15-2)8-13-11-17(3)6-7-18(13)4/h9-10,13-15H,5-8,11H2,1-4H3. The van der Waals surface area contributed by atoms with Crippen LogP contribution in [0.1, 0.15) is 24.9 Å². The molecule has 0 amide bonds. The van der Waals surface area contributed by atoms with E-state index >= 15 is 0 Å². The summed E-state index contributed by atoms with van der Waals surface area (Å²) in [4.78, 5) is 4.90. The summed E-state index contributed by atoms with van der Waals surface area (Å²) in [5.74, 6) is 0. The van der Waals surface area contributed by atoms with E-state index in [0.29, 0.717) is 12.1 Å². The number of nitrogens with zero attached hydrogens (tertiary/aromatic N) is 4. The van der Waals surface area contributed by atoms with Gasteiger partial charge in [-0.25, -0.2) is 0 Å². The molecule has 5 nitrogen and oxygen atoms in total. The molecule has 1 aromatic heterocycles. The van der Waals surface area contributed by atoms with Gasteiger partial charge in [0, 0.05) is 50.0 Å². The van der Waals surface area contributed by atoms with Gasteiger partial charge in [0.05, 0.1) is 6.20 Å². The Morgan fingerprint density at radius 1 is 1.42 bits per heavy atom. The average Bonchev–Trinajstić information content (AvgIpc) is 2.88. The molecule has 2 heterocycles. The van der Waals surface area contributed by atoms with Crippen LogP contribution < -0.4 is 5.32 Å². The second-order valence-electron chi connectivity index (χ2n) is 5.60. The molecule has 0 spiro atoms. The van der Waals surface area contributed by atoms with Crippen LogP contribution in [0.2, 0.25) is 0 Å². The van der Waals surface area contributed by atoms with Gasteiger partial charge in [-0.1, -0.05) is 0 Å². The van der Waals surface area contributed by atoms with E-state index in [-0.39, 0.29) is 0 Å². The topological polar surface area (TPSA) is 36.3 Å². The molecule has 0 bridgehead atoms. The first-order chi connectivity index (χ1) is 9.13. The maximum atomic E-state index is 4.38. The van der Waals surface area contributed by atoms with Crippen molar-refractivity contribution in [2.45, 2.75) is 32.0 Å². The normalized spacial score (nSPS) is 23.7. The van der Waals surface area contributed by atoms with Crippen LogP contribution in [0.5, 0.6) is 0 Å². The van der Waals surface area contributed by atoms with Gasteiger partial charge in [-0.15, -0.1) is 0 Å². The molecule has 0 aromatic carbocycles. The molecule has 2 rings (SSSR count). The summed E-state index contributed by atoms with van der Waals surface area (Å²) in [6, 6.07) is 1.00. The maximum Gasteiger partial charge on any atom is 0.0537 e. The van der Waals surface area contributed by atoms with Gasteiger partial charge in [0.25, 0.3) is 0 Å². The molecule has 1 aliphatic rings. The Labute approximate surface area is 116 Å². The lowest BCUT2D eigenvalue weighted by Crippen LogP contribution is -2.50. The summed E-state index contributed by atoms with van der Waals surface area (Å²) in [6.45, 7) is 6.53. The van der Waals surface area contributed by atoms with Crippen LogP contribution in [0, 0.1) is 0 Å². The van der Waals surface area contributed by atoms with Crippen LogP contribution in [0.3, 0.4) is 0 Å². The second-order valence-corrected chi connectivity index (χ2v) is 5.60. The quantitative estimate of drug-likeness (QED) is 0.854. The number of aryl methyl sites for hydroxylation is 1. The van der Waals surface area contributed by atoms with Gasteiger partial charge in [-0.3, -0.25) is 4.68 Å². The molecule has 19 heavy (non-hydrogen) atoms. The molecule has 2 unspecified atom stereocenters. The molecule has 2 atom stereocenters. The van der Waals surface area contributed by atoms with Crippen molar-refractivity contribution in [1.29, 1.82) is 0 Å². The van der Waals surface area contributed by atoms with Gasteiger partial charge < -0.3 is 15.1 Å². The summed E-state index contributed by atoms with van der Waals surface area (Å²) >= 11 is 0. The van der Waals surface area contributed by atoms with Gasteiger partial charge in [-0.2, -0.15) is 5.10 Å². The Balaban J connectivity index is 2.01. The molecule has 0 aliphatic carbocycles. The van der Waals surface area contributed by atoms with Gasteiger partial charge in [0.15, 0.2) is 0 Å². The van der Waals surface area contributed by atoms with Crippen molar-refractivity contribution >= 4 is 0 Å². The van der Waals surface area contributed by atoms with Crippen LogP contribution in [-0.4, -0.2) is 66.4 Å². The number of nitrogens with one attached hydrogen (secondary N) is 1. The van der Waals surface area contributed by atoms with Crippen molar-refractivity contribution in [1.82, 2.24) is 24.9 Å². The summed E-state index contributed by atoms with van der Waals surface area (Å²) in [5.41, 5.74) is 1.30. The molecule has 108 valence electrons. The Bertz CT molecular complexity index is 389. The summed E-state index contributed by atoms with van der Waals surface area (Å²) in [6.07, 6.45) is 5.29. The highest BCUT2D eigenvalue weighted by molar-refractivity contribution is 5.11. The third-order valence-electron chi connectivity index (χ3n) is 4.22. The fraction of sp³-hybridized carbons (Fsp3) is 0.786. The first-order valence-electron chi connectivity index (χ1n) is 7.22. The minimum atomic E-state index is 0.388. The minimum Gasteiger partial charge on any atom is -0.313 e. The van der Waals surface area contributed by atoms with Gasteiger partial charge in [0.2, 0.25) is 0 Å². The number of likely N-dealkylation sites (N-methyl/N-ethyl adjacent to an activating group) is 2. The smallest absolute Gasteiger partial charge is 0.0537 e. The zero-order valence-corrected chi connectivity index (χ0v) is 12.6. The van der Waals surface area contributed by atoms with E-state index in [0.717, 1.165) is 26.1 Å². The fourth-order valence-electron chi connectivity index (χ4n) is 2.78. The predicted octanol–water partition coefficient (Wildman–Crippen LogP) is 0.799. The monoisotopic (exact) mass is 265 g/mol. The second kappa shape index (κ2) is 6.50. The highest BCUT2D eigenvalue weighted by atomic mass is 15.3. The van der Waals surface area contributed by atoms with Crippen molar-refractivity contribution in [3.8, 4) is 0 Å². The van der Waals surface area contributed by atoms with Crippen LogP contribution >= 0.6 is 0 Å². The Morgan fingerprint density at radius 2 is 2.21 bits per heavy atom. The van der Waals surface area contributed by atoms with Crippen molar-refractivity contribution in [2.75, 3.05) is 40.8 Å². The third kappa shape index (κ3) is 3.55. The number of aromatic nitrogens is 2. The molecule has 5 heteroatoms. The van der Waals surface area contributed by atoms with Crippen LogP contribution in [0.4, 0.5) is 0 Å². The van der Waals surface area contributed by atoms with Crippen molar-refractivity contribution in [3.05, 3.63) is 18.0 Å². The number of hydrogen-bond donors (Lipinski definition) is 1. The van der Waals surface area contributed by atoms with Crippen molar-refractivity contribution < 1.29 is 0 Å². The third-order valence-corrected chi connectivity index (χ3v) is 4.22. The maximum absolute atomic E-state index is 4.38. The molecule has 1 N–H and O–H groups in total. The molecular formula is C14H27N5.